The van der Waals surface area contributed by atoms with E-state index in [0.29, 0.717) is 17.1 Å². The minimum atomic E-state index is -3.74. The molecule has 2 heterocycles. The molecular weight excluding hydrogens is 362 g/mol. The van der Waals surface area contributed by atoms with E-state index in [0.717, 1.165) is 30.4 Å². The van der Waals surface area contributed by atoms with Crippen LogP contribution in [0.2, 0.25) is 0 Å². The van der Waals surface area contributed by atoms with E-state index >= 15 is 0 Å². The van der Waals surface area contributed by atoms with E-state index in [4.69, 9.17) is 0 Å². The minimum Gasteiger partial charge on any atom is -0.279 e. The van der Waals surface area contributed by atoms with Crippen LogP contribution >= 0.6 is 0 Å². The maximum atomic E-state index is 13.1. The van der Waals surface area contributed by atoms with Gasteiger partial charge in [0.25, 0.3) is 10.0 Å². The van der Waals surface area contributed by atoms with Gasteiger partial charge in [0.2, 0.25) is 0 Å². The van der Waals surface area contributed by atoms with Gasteiger partial charge in [0.05, 0.1) is 23.3 Å². The average molecular weight is 383 g/mol. The molecule has 1 aliphatic rings. The number of nitrogens with zero attached hydrogens (tertiary/aromatic N) is 4. The minimum absolute atomic E-state index is 0.227. The first kappa shape index (κ1) is 17.7. The quantitative estimate of drug-likeness (QED) is 0.730. The number of hydrogen-bond acceptors (Lipinski definition) is 5. The van der Waals surface area contributed by atoms with Crippen LogP contribution in [0.4, 0.5) is 5.69 Å². The summed E-state index contributed by atoms with van der Waals surface area (Å²) in [4.78, 5) is 8.62. The highest BCUT2D eigenvalue weighted by atomic mass is 32.2. The fraction of sp³-hybridized carbons (Fsp3) is 0.316. The molecule has 1 N–H and O–H groups in total. The average Bonchev–Trinajstić information content (AvgIpc) is 2.98. The molecule has 1 aliphatic carbocycles. The molecule has 0 radical (unpaired) electrons. The largest absolute Gasteiger partial charge is 0.279 e. The molecule has 0 unspecified atom stereocenters. The summed E-state index contributed by atoms with van der Waals surface area (Å²) in [6, 6.07) is 5.56. The first-order valence-corrected chi connectivity index (χ1v) is 10.4. The molecule has 2 aromatic heterocycles. The highest BCUT2D eigenvalue weighted by Gasteiger charge is 2.31. The van der Waals surface area contributed by atoms with Crippen LogP contribution in [0, 0.1) is 6.92 Å². The van der Waals surface area contributed by atoms with Crippen molar-refractivity contribution in [2.24, 2.45) is 7.05 Å². The Morgan fingerprint density at radius 3 is 2.70 bits per heavy atom. The molecule has 0 spiro atoms. The van der Waals surface area contributed by atoms with Crippen molar-refractivity contribution in [1.82, 2.24) is 19.7 Å². The molecule has 4 rings (SSSR count). The molecule has 0 bridgehead atoms. The molecule has 1 fully saturated rings. The molecule has 8 heteroatoms. The third-order valence-electron chi connectivity index (χ3n) is 4.94. The summed E-state index contributed by atoms with van der Waals surface area (Å²) in [5.41, 5.74) is 3.52. The van der Waals surface area contributed by atoms with E-state index in [1.165, 1.54) is 0 Å². The van der Waals surface area contributed by atoms with Crippen LogP contribution in [0.15, 0.2) is 47.9 Å². The van der Waals surface area contributed by atoms with Gasteiger partial charge in [0.15, 0.2) is 0 Å². The maximum Gasteiger partial charge on any atom is 0.265 e. The molecule has 3 aromatic rings. The van der Waals surface area contributed by atoms with E-state index in [1.54, 1.807) is 42.6 Å². The molecule has 0 atom stereocenters. The standard InChI is InChI=1S/C19H21N5O2S/c1-13-6-7-15(17-11-20-8-9-21-17)10-16(13)23-27(25,26)18-12-24(2)22-19(18)14-4-3-5-14/h6-12,14,23H,3-5H2,1-2H3. The third kappa shape index (κ3) is 3.44. The van der Waals surface area contributed by atoms with Crippen molar-refractivity contribution < 1.29 is 8.42 Å². The van der Waals surface area contributed by atoms with Gasteiger partial charge in [-0.1, -0.05) is 18.6 Å². The lowest BCUT2D eigenvalue weighted by Crippen LogP contribution is -2.18. The van der Waals surface area contributed by atoms with E-state index in [9.17, 15) is 8.42 Å². The fourth-order valence-electron chi connectivity index (χ4n) is 3.19. The van der Waals surface area contributed by atoms with E-state index < -0.39 is 10.0 Å². The molecule has 1 aromatic carbocycles. The lowest BCUT2D eigenvalue weighted by Gasteiger charge is -2.24. The Bertz CT molecular complexity index is 1070. The van der Waals surface area contributed by atoms with Gasteiger partial charge in [-0.25, -0.2) is 8.42 Å². The first-order valence-electron chi connectivity index (χ1n) is 8.87. The number of aromatic nitrogens is 4. The number of nitrogens with one attached hydrogen (secondary N) is 1. The van der Waals surface area contributed by atoms with Crippen molar-refractivity contribution >= 4 is 15.7 Å². The zero-order valence-corrected chi connectivity index (χ0v) is 16.1. The van der Waals surface area contributed by atoms with Crippen molar-refractivity contribution in [2.75, 3.05) is 4.72 Å². The second-order valence-electron chi connectivity index (χ2n) is 6.91. The summed E-state index contributed by atoms with van der Waals surface area (Å²) in [7, 11) is -1.98. The molecule has 0 saturated heterocycles. The predicted octanol–water partition coefficient (Wildman–Crippen LogP) is 3.25. The van der Waals surface area contributed by atoms with Gasteiger partial charge in [-0.05, 0) is 31.4 Å². The molecule has 1 saturated carbocycles. The number of aryl methyl sites for hydroxylation is 2. The van der Waals surface area contributed by atoms with Crippen LogP contribution in [0.1, 0.15) is 36.4 Å². The van der Waals surface area contributed by atoms with Gasteiger partial charge < -0.3 is 0 Å². The Morgan fingerprint density at radius 2 is 2.04 bits per heavy atom. The van der Waals surface area contributed by atoms with Gasteiger partial charge in [0.1, 0.15) is 4.90 Å². The molecular formula is C19H21N5O2S. The summed E-state index contributed by atoms with van der Waals surface area (Å²) in [5.74, 6) is 0.227. The Morgan fingerprint density at radius 1 is 1.22 bits per heavy atom. The Labute approximate surface area is 158 Å². The summed E-state index contributed by atoms with van der Waals surface area (Å²) in [5, 5.41) is 4.41. The zero-order chi connectivity index (χ0) is 19.0. The van der Waals surface area contributed by atoms with Gasteiger partial charge in [0, 0.05) is 37.1 Å². The molecule has 7 nitrogen and oxygen atoms in total. The Balaban J connectivity index is 1.69. The molecule has 0 aliphatic heterocycles. The van der Waals surface area contributed by atoms with Crippen LogP contribution in [-0.2, 0) is 17.1 Å². The molecule has 0 amide bonds. The van der Waals surface area contributed by atoms with Crippen LogP contribution in [0.25, 0.3) is 11.3 Å². The van der Waals surface area contributed by atoms with Crippen LogP contribution in [-0.4, -0.2) is 28.2 Å². The number of anilines is 1. The van der Waals surface area contributed by atoms with Crippen LogP contribution in [0.3, 0.4) is 0 Å². The number of benzene rings is 1. The summed E-state index contributed by atoms with van der Waals surface area (Å²) < 4.78 is 30.5. The third-order valence-corrected chi connectivity index (χ3v) is 6.33. The van der Waals surface area contributed by atoms with Crippen LogP contribution < -0.4 is 4.72 Å². The Hall–Kier alpha value is -2.74. The highest BCUT2D eigenvalue weighted by Crippen LogP contribution is 2.39. The number of rotatable bonds is 5. The van der Waals surface area contributed by atoms with E-state index in [1.807, 2.05) is 19.1 Å². The second-order valence-corrected chi connectivity index (χ2v) is 8.56. The predicted molar refractivity (Wildman–Crippen MR) is 103 cm³/mol. The molecule has 27 heavy (non-hydrogen) atoms. The van der Waals surface area contributed by atoms with Crippen molar-refractivity contribution in [3.63, 3.8) is 0 Å². The summed E-state index contributed by atoms with van der Waals surface area (Å²) >= 11 is 0. The number of sulfonamides is 1. The SMILES string of the molecule is Cc1ccc(-c2cnccn2)cc1NS(=O)(=O)c1cn(C)nc1C1CCC1. The lowest BCUT2D eigenvalue weighted by molar-refractivity contribution is 0.402. The van der Waals surface area contributed by atoms with Gasteiger partial charge in [-0.3, -0.25) is 19.4 Å². The van der Waals surface area contributed by atoms with Gasteiger partial charge in [-0.15, -0.1) is 0 Å². The van der Waals surface area contributed by atoms with Crippen molar-refractivity contribution in [3.05, 3.63) is 54.2 Å². The summed E-state index contributed by atoms with van der Waals surface area (Å²) in [6.07, 6.45) is 9.54. The van der Waals surface area contributed by atoms with E-state index in [-0.39, 0.29) is 10.8 Å². The van der Waals surface area contributed by atoms with Crippen molar-refractivity contribution in [2.45, 2.75) is 37.0 Å². The summed E-state index contributed by atoms with van der Waals surface area (Å²) in [6.45, 7) is 1.87. The Kier molecular flexibility index (Phi) is 4.43. The maximum absolute atomic E-state index is 13.1. The number of hydrogen-bond donors (Lipinski definition) is 1. The smallest absolute Gasteiger partial charge is 0.265 e. The molecule has 140 valence electrons. The van der Waals surface area contributed by atoms with Gasteiger partial charge in [-0.2, -0.15) is 5.10 Å². The second kappa shape index (κ2) is 6.77. The normalized spacial score (nSPS) is 14.7. The van der Waals surface area contributed by atoms with Gasteiger partial charge >= 0.3 is 0 Å². The van der Waals surface area contributed by atoms with Crippen LogP contribution in [0.5, 0.6) is 0 Å². The van der Waals surface area contributed by atoms with E-state index in [2.05, 4.69) is 19.8 Å². The highest BCUT2D eigenvalue weighted by molar-refractivity contribution is 7.92. The topological polar surface area (TPSA) is 89.8 Å². The first-order chi connectivity index (χ1) is 12.9. The van der Waals surface area contributed by atoms with Crippen molar-refractivity contribution in [1.29, 1.82) is 0 Å². The lowest BCUT2D eigenvalue weighted by atomic mass is 9.83. The monoisotopic (exact) mass is 383 g/mol. The van der Waals surface area contributed by atoms with Crippen molar-refractivity contribution in [3.8, 4) is 11.3 Å². The zero-order valence-electron chi connectivity index (χ0n) is 15.3. The fourth-order valence-corrected chi connectivity index (χ4v) is 4.59.